The Balaban J connectivity index is 2.15. The van der Waals surface area contributed by atoms with E-state index in [4.69, 9.17) is 0 Å². The number of aliphatic hydroxyl groups is 1. The number of nitrogens with one attached hydrogen (secondary N) is 1. The van der Waals surface area contributed by atoms with E-state index in [0.717, 1.165) is 6.07 Å². The molecule has 2 nitrogen and oxygen atoms in total. The zero-order valence-corrected chi connectivity index (χ0v) is 12.6. The Bertz CT molecular complexity index is 803. The standard InChI is InChI=1S/C18H12F5NO/c19-12-5-1-10(2-6-12)14-9-15(17(25)18(21,22)23)24-16(14)11-3-7-13(20)8-4-11/h1-9,17,24-25H. The van der Waals surface area contributed by atoms with Crippen molar-refractivity contribution in [1.82, 2.24) is 4.98 Å². The highest BCUT2D eigenvalue weighted by molar-refractivity contribution is 5.82. The predicted octanol–water partition coefficient (Wildman–Crippen LogP) is 5.22. The van der Waals surface area contributed by atoms with Crippen LogP contribution in [0.2, 0.25) is 0 Å². The molecule has 0 saturated carbocycles. The maximum Gasteiger partial charge on any atom is 0.420 e. The number of benzene rings is 2. The Morgan fingerprint density at radius 3 is 1.76 bits per heavy atom. The van der Waals surface area contributed by atoms with E-state index >= 15 is 0 Å². The van der Waals surface area contributed by atoms with Gasteiger partial charge in [0.25, 0.3) is 0 Å². The quantitative estimate of drug-likeness (QED) is 0.622. The lowest BCUT2D eigenvalue weighted by molar-refractivity contribution is -0.207. The summed E-state index contributed by atoms with van der Waals surface area (Å²) < 4.78 is 64.7. The molecule has 0 saturated heterocycles. The molecule has 0 bridgehead atoms. The van der Waals surface area contributed by atoms with Gasteiger partial charge in [-0.2, -0.15) is 13.2 Å². The normalized spacial score (nSPS) is 13.0. The van der Waals surface area contributed by atoms with Crippen LogP contribution in [0.3, 0.4) is 0 Å². The van der Waals surface area contributed by atoms with Gasteiger partial charge in [0.15, 0.2) is 6.10 Å². The van der Waals surface area contributed by atoms with Gasteiger partial charge in [0.05, 0.1) is 11.4 Å². The molecule has 2 N–H and O–H groups in total. The molecule has 1 unspecified atom stereocenters. The van der Waals surface area contributed by atoms with E-state index in [1.54, 1.807) is 0 Å². The number of rotatable bonds is 3. The van der Waals surface area contributed by atoms with Crippen molar-refractivity contribution < 1.29 is 27.1 Å². The van der Waals surface area contributed by atoms with Crippen LogP contribution in [0.1, 0.15) is 11.8 Å². The van der Waals surface area contributed by atoms with E-state index in [2.05, 4.69) is 4.98 Å². The zero-order valence-electron chi connectivity index (χ0n) is 12.6. The highest BCUT2D eigenvalue weighted by atomic mass is 19.4. The van der Waals surface area contributed by atoms with Crippen molar-refractivity contribution >= 4 is 0 Å². The average Bonchev–Trinajstić information content (AvgIpc) is 2.99. The molecular weight excluding hydrogens is 341 g/mol. The third kappa shape index (κ3) is 3.56. The van der Waals surface area contributed by atoms with Gasteiger partial charge < -0.3 is 10.1 Å². The molecule has 0 aliphatic carbocycles. The largest absolute Gasteiger partial charge is 0.420 e. The molecule has 0 aliphatic rings. The van der Waals surface area contributed by atoms with Crippen LogP contribution in [-0.2, 0) is 0 Å². The molecule has 3 rings (SSSR count). The number of H-pyrrole nitrogens is 1. The summed E-state index contributed by atoms with van der Waals surface area (Å²) in [5.74, 6) is -0.979. The van der Waals surface area contributed by atoms with Gasteiger partial charge >= 0.3 is 6.18 Å². The Kier molecular flexibility index (Phi) is 4.34. The topological polar surface area (TPSA) is 36.0 Å². The number of hydrogen-bond acceptors (Lipinski definition) is 1. The summed E-state index contributed by atoms with van der Waals surface area (Å²) in [6, 6.07) is 11.5. The second kappa shape index (κ2) is 6.33. The first-order chi connectivity index (χ1) is 11.8. The molecule has 2 aromatic carbocycles. The van der Waals surface area contributed by atoms with Gasteiger partial charge in [0.1, 0.15) is 11.6 Å². The first kappa shape index (κ1) is 17.2. The molecule has 0 spiro atoms. The SMILES string of the molecule is OC(c1cc(-c2ccc(F)cc2)c(-c2ccc(F)cc2)[nH]1)C(F)(F)F. The number of aromatic nitrogens is 1. The fourth-order valence-electron chi connectivity index (χ4n) is 2.50. The summed E-state index contributed by atoms with van der Waals surface area (Å²) in [5.41, 5.74) is 1.04. The van der Waals surface area contributed by atoms with Crippen LogP contribution >= 0.6 is 0 Å². The van der Waals surface area contributed by atoms with E-state index < -0.39 is 29.6 Å². The first-order valence-corrected chi connectivity index (χ1v) is 7.25. The first-order valence-electron chi connectivity index (χ1n) is 7.25. The van der Waals surface area contributed by atoms with Crippen LogP contribution in [0.5, 0.6) is 0 Å². The molecule has 0 radical (unpaired) electrons. The smallest absolute Gasteiger partial charge is 0.378 e. The maximum atomic E-state index is 13.1. The molecule has 0 aliphatic heterocycles. The average molecular weight is 353 g/mol. The molecule has 0 amide bonds. The lowest BCUT2D eigenvalue weighted by Crippen LogP contribution is -2.20. The molecule has 1 heterocycles. The minimum absolute atomic E-state index is 0.268. The Morgan fingerprint density at radius 1 is 0.800 bits per heavy atom. The second-order valence-electron chi connectivity index (χ2n) is 5.47. The summed E-state index contributed by atoms with van der Waals surface area (Å²) >= 11 is 0. The summed E-state index contributed by atoms with van der Waals surface area (Å²) in [4.78, 5) is 2.55. The minimum Gasteiger partial charge on any atom is -0.378 e. The van der Waals surface area contributed by atoms with Crippen LogP contribution in [0.15, 0.2) is 54.6 Å². The van der Waals surface area contributed by atoms with Crippen LogP contribution in [-0.4, -0.2) is 16.3 Å². The molecule has 0 fully saturated rings. The van der Waals surface area contributed by atoms with Gasteiger partial charge in [-0.25, -0.2) is 8.78 Å². The summed E-state index contributed by atoms with van der Waals surface area (Å²) in [5, 5.41) is 9.50. The minimum atomic E-state index is -4.84. The molecular formula is C18H12F5NO. The fraction of sp³-hybridized carbons (Fsp3) is 0.111. The van der Waals surface area contributed by atoms with Gasteiger partial charge in [0.2, 0.25) is 0 Å². The summed E-state index contributed by atoms with van der Waals surface area (Å²) in [6.45, 7) is 0. The van der Waals surface area contributed by atoms with E-state index in [1.807, 2.05) is 0 Å². The highest BCUT2D eigenvalue weighted by Crippen LogP contribution is 2.38. The molecule has 1 atom stereocenters. The second-order valence-corrected chi connectivity index (χ2v) is 5.47. The van der Waals surface area contributed by atoms with E-state index in [9.17, 15) is 27.1 Å². The molecule has 3 aromatic rings. The fourth-order valence-corrected chi connectivity index (χ4v) is 2.50. The van der Waals surface area contributed by atoms with Crippen molar-refractivity contribution in [3.63, 3.8) is 0 Å². The molecule has 130 valence electrons. The number of aliphatic hydroxyl groups excluding tert-OH is 1. The monoisotopic (exact) mass is 353 g/mol. The van der Waals surface area contributed by atoms with Crippen molar-refractivity contribution in [2.75, 3.05) is 0 Å². The van der Waals surface area contributed by atoms with Crippen molar-refractivity contribution in [3.8, 4) is 22.4 Å². The number of halogens is 5. The van der Waals surface area contributed by atoms with Gasteiger partial charge in [0, 0.05) is 5.56 Å². The van der Waals surface area contributed by atoms with Gasteiger partial charge in [-0.3, -0.25) is 0 Å². The Labute approximate surface area is 139 Å². The zero-order chi connectivity index (χ0) is 18.2. The van der Waals surface area contributed by atoms with Gasteiger partial charge in [-0.1, -0.05) is 12.1 Å². The van der Waals surface area contributed by atoms with Gasteiger partial charge in [-0.05, 0) is 53.6 Å². The summed E-state index contributed by atoms with van der Waals surface area (Å²) in [7, 11) is 0. The van der Waals surface area contributed by atoms with Crippen molar-refractivity contribution in [2.24, 2.45) is 0 Å². The van der Waals surface area contributed by atoms with Crippen LogP contribution < -0.4 is 0 Å². The van der Waals surface area contributed by atoms with Crippen molar-refractivity contribution in [2.45, 2.75) is 12.3 Å². The third-order valence-corrected chi connectivity index (χ3v) is 3.73. The van der Waals surface area contributed by atoms with Crippen molar-refractivity contribution in [1.29, 1.82) is 0 Å². The highest BCUT2D eigenvalue weighted by Gasteiger charge is 2.40. The van der Waals surface area contributed by atoms with Crippen LogP contribution in [0, 0.1) is 11.6 Å². The van der Waals surface area contributed by atoms with Gasteiger partial charge in [-0.15, -0.1) is 0 Å². The van der Waals surface area contributed by atoms with Crippen LogP contribution in [0.25, 0.3) is 22.4 Å². The lowest BCUT2D eigenvalue weighted by atomic mass is 10.0. The van der Waals surface area contributed by atoms with Crippen molar-refractivity contribution in [3.05, 3.63) is 71.9 Å². The van der Waals surface area contributed by atoms with E-state index in [-0.39, 0.29) is 5.69 Å². The number of alkyl halides is 3. The Morgan fingerprint density at radius 2 is 1.28 bits per heavy atom. The predicted molar refractivity (Wildman–Crippen MR) is 82.6 cm³/mol. The maximum absolute atomic E-state index is 13.1. The molecule has 25 heavy (non-hydrogen) atoms. The van der Waals surface area contributed by atoms with E-state index in [0.29, 0.717) is 16.7 Å². The van der Waals surface area contributed by atoms with Crippen LogP contribution in [0.4, 0.5) is 22.0 Å². The van der Waals surface area contributed by atoms with E-state index in [1.165, 1.54) is 48.5 Å². The lowest BCUT2D eigenvalue weighted by Gasteiger charge is -2.12. The molecule has 7 heteroatoms. The molecule has 1 aromatic heterocycles. The third-order valence-electron chi connectivity index (χ3n) is 3.73. The number of aromatic amines is 1. The summed E-state index contributed by atoms with van der Waals surface area (Å²) in [6.07, 6.45) is -7.54. The Hall–Kier alpha value is -2.67. The number of hydrogen-bond donors (Lipinski definition) is 2.